The molecule has 0 saturated carbocycles. The number of nitrogens with zero attached hydrogens (tertiary/aromatic N) is 1. The third kappa shape index (κ3) is 6.17. The number of benzene rings is 3. The molecule has 3 aromatic carbocycles. The Labute approximate surface area is 211 Å². The number of amidine groups is 1. The van der Waals surface area contributed by atoms with E-state index in [-0.39, 0.29) is 5.91 Å². The average molecular weight is 570 g/mol. The van der Waals surface area contributed by atoms with E-state index in [1.807, 2.05) is 86.7 Å². The summed E-state index contributed by atoms with van der Waals surface area (Å²) in [7, 11) is 0. The number of hydrogen-bond donors (Lipinski definition) is 1. The molecule has 1 fully saturated rings. The van der Waals surface area contributed by atoms with Crippen molar-refractivity contribution in [3.8, 4) is 11.5 Å². The molecule has 1 saturated heterocycles. The third-order valence-electron chi connectivity index (χ3n) is 4.77. The molecule has 168 valence electrons. The topological polar surface area (TPSA) is 59.9 Å². The highest BCUT2D eigenvalue weighted by atomic mass is 127. The van der Waals surface area contributed by atoms with Crippen LogP contribution in [0.3, 0.4) is 0 Å². The number of carbonyl (C=O) groups excluding carboxylic acids is 1. The summed E-state index contributed by atoms with van der Waals surface area (Å²) in [5.41, 5.74) is 3.92. The minimum Gasteiger partial charge on any atom is -0.490 e. The molecule has 33 heavy (non-hydrogen) atoms. The van der Waals surface area contributed by atoms with Crippen molar-refractivity contribution in [2.75, 3.05) is 6.61 Å². The van der Waals surface area contributed by atoms with Gasteiger partial charge in [-0.1, -0.05) is 48.0 Å². The summed E-state index contributed by atoms with van der Waals surface area (Å²) in [4.78, 5) is 17.6. The average Bonchev–Trinajstić information content (AvgIpc) is 3.14. The third-order valence-corrected chi connectivity index (χ3v) is 6.48. The van der Waals surface area contributed by atoms with Crippen molar-refractivity contribution in [1.82, 2.24) is 5.32 Å². The zero-order valence-electron chi connectivity index (χ0n) is 18.3. The van der Waals surface area contributed by atoms with Crippen molar-refractivity contribution in [3.05, 3.63) is 91.9 Å². The predicted octanol–water partition coefficient (Wildman–Crippen LogP) is 6.47. The first-order chi connectivity index (χ1) is 16.0. The van der Waals surface area contributed by atoms with Gasteiger partial charge in [-0.3, -0.25) is 4.79 Å². The van der Waals surface area contributed by atoms with E-state index in [4.69, 9.17) is 9.47 Å². The standard InChI is InChI=1S/C26H23IN2O3S/c1-3-31-22-14-19(13-21(27)24(22)32-16-18-7-5-4-6-8-18)15-23-25(30)29-26(33-23)28-20-11-9-17(2)10-12-20/h4-15H,3,16H2,1-2H3,(H,28,29,30)/b23-15-. The highest BCUT2D eigenvalue weighted by Gasteiger charge is 2.24. The highest BCUT2D eigenvalue weighted by molar-refractivity contribution is 14.1. The molecule has 7 heteroatoms. The van der Waals surface area contributed by atoms with Gasteiger partial charge < -0.3 is 14.8 Å². The van der Waals surface area contributed by atoms with Gasteiger partial charge in [0.25, 0.3) is 5.91 Å². The first-order valence-electron chi connectivity index (χ1n) is 10.5. The fourth-order valence-corrected chi connectivity index (χ4v) is 4.80. The van der Waals surface area contributed by atoms with Crippen LogP contribution in [0.15, 0.2) is 76.6 Å². The molecule has 1 amide bonds. The lowest BCUT2D eigenvalue weighted by Gasteiger charge is -2.15. The maximum atomic E-state index is 12.5. The molecule has 1 aliphatic rings. The summed E-state index contributed by atoms with van der Waals surface area (Å²) in [5, 5.41) is 3.41. The van der Waals surface area contributed by atoms with Crippen molar-refractivity contribution in [3.63, 3.8) is 0 Å². The van der Waals surface area contributed by atoms with Crippen LogP contribution in [-0.4, -0.2) is 17.7 Å². The molecular formula is C26H23IN2O3S. The van der Waals surface area contributed by atoms with Crippen LogP contribution in [0.4, 0.5) is 5.69 Å². The number of thioether (sulfide) groups is 1. The number of rotatable bonds is 7. The Kier molecular flexibility index (Phi) is 7.72. The van der Waals surface area contributed by atoms with Crippen LogP contribution in [0.5, 0.6) is 11.5 Å². The second kappa shape index (κ2) is 10.9. The van der Waals surface area contributed by atoms with Gasteiger partial charge in [0.05, 0.1) is 20.8 Å². The second-order valence-corrected chi connectivity index (χ2v) is 9.55. The molecule has 0 bridgehead atoms. The van der Waals surface area contributed by atoms with E-state index in [9.17, 15) is 4.79 Å². The summed E-state index contributed by atoms with van der Waals surface area (Å²) in [6, 6.07) is 21.8. The molecule has 1 N–H and O–H groups in total. The fraction of sp³-hybridized carbons (Fsp3) is 0.154. The molecule has 1 aliphatic heterocycles. The van der Waals surface area contributed by atoms with E-state index in [2.05, 4.69) is 32.9 Å². The molecule has 0 spiro atoms. The molecule has 0 aromatic heterocycles. The van der Waals surface area contributed by atoms with Gasteiger partial charge in [0, 0.05) is 0 Å². The van der Waals surface area contributed by atoms with E-state index in [0.717, 1.165) is 20.4 Å². The Morgan fingerprint density at radius 1 is 1.06 bits per heavy atom. The Morgan fingerprint density at radius 3 is 2.55 bits per heavy atom. The van der Waals surface area contributed by atoms with E-state index < -0.39 is 0 Å². The van der Waals surface area contributed by atoms with Crippen molar-refractivity contribution >= 4 is 57.2 Å². The van der Waals surface area contributed by atoms with Crippen LogP contribution in [0.2, 0.25) is 0 Å². The van der Waals surface area contributed by atoms with Gasteiger partial charge in [0.1, 0.15) is 6.61 Å². The van der Waals surface area contributed by atoms with Crippen LogP contribution in [-0.2, 0) is 11.4 Å². The second-order valence-electron chi connectivity index (χ2n) is 7.35. The minimum absolute atomic E-state index is 0.164. The predicted molar refractivity (Wildman–Crippen MR) is 143 cm³/mol. The molecule has 0 aliphatic carbocycles. The van der Waals surface area contributed by atoms with E-state index >= 15 is 0 Å². The van der Waals surface area contributed by atoms with Crippen LogP contribution >= 0.6 is 34.4 Å². The highest BCUT2D eigenvalue weighted by Crippen LogP contribution is 2.37. The molecule has 0 atom stereocenters. The van der Waals surface area contributed by atoms with Gasteiger partial charge in [-0.25, -0.2) is 4.99 Å². The summed E-state index contributed by atoms with van der Waals surface area (Å²) < 4.78 is 12.9. The number of halogens is 1. The summed E-state index contributed by atoms with van der Waals surface area (Å²) in [6.45, 7) is 4.93. The van der Waals surface area contributed by atoms with Gasteiger partial charge in [-0.15, -0.1) is 0 Å². The normalized spacial score (nSPS) is 15.7. The van der Waals surface area contributed by atoms with Crippen molar-refractivity contribution < 1.29 is 14.3 Å². The van der Waals surface area contributed by atoms with Gasteiger partial charge in [-0.2, -0.15) is 0 Å². The van der Waals surface area contributed by atoms with E-state index in [1.54, 1.807) is 0 Å². The zero-order chi connectivity index (χ0) is 23.2. The monoisotopic (exact) mass is 570 g/mol. The van der Waals surface area contributed by atoms with Crippen LogP contribution < -0.4 is 14.8 Å². The Hall–Kier alpha value is -2.78. The lowest BCUT2D eigenvalue weighted by molar-refractivity contribution is -0.115. The van der Waals surface area contributed by atoms with E-state index in [1.165, 1.54) is 17.3 Å². The van der Waals surface area contributed by atoms with Gasteiger partial charge >= 0.3 is 0 Å². The number of carbonyl (C=O) groups is 1. The smallest absolute Gasteiger partial charge is 0.264 e. The Balaban J connectivity index is 1.55. The van der Waals surface area contributed by atoms with Crippen LogP contribution in [0.1, 0.15) is 23.6 Å². The van der Waals surface area contributed by atoms with Gasteiger partial charge in [0.2, 0.25) is 0 Å². The largest absolute Gasteiger partial charge is 0.490 e. The van der Waals surface area contributed by atoms with Crippen molar-refractivity contribution in [1.29, 1.82) is 0 Å². The zero-order valence-corrected chi connectivity index (χ0v) is 21.3. The lowest BCUT2D eigenvalue weighted by atomic mass is 10.2. The number of aryl methyl sites for hydroxylation is 1. The summed E-state index contributed by atoms with van der Waals surface area (Å²) >= 11 is 3.57. The maximum Gasteiger partial charge on any atom is 0.264 e. The van der Waals surface area contributed by atoms with Gasteiger partial charge in [0.15, 0.2) is 16.7 Å². The number of hydrogen-bond acceptors (Lipinski definition) is 5. The van der Waals surface area contributed by atoms with Gasteiger partial charge in [-0.05, 0) is 89.7 Å². The number of amides is 1. The molecule has 3 aromatic rings. The molecule has 5 nitrogen and oxygen atoms in total. The maximum absolute atomic E-state index is 12.5. The molecular weight excluding hydrogens is 547 g/mol. The van der Waals surface area contributed by atoms with Crippen molar-refractivity contribution in [2.45, 2.75) is 20.5 Å². The number of ether oxygens (including phenoxy) is 2. The molecule has 0 unspecified atom stereocenters. The number of aliphatic imine (C=N–C) groups is 1. The van der Waals surface area contributed by atoms with Crippen LogP contribution in [0.25, 0.3) is 6.08 Å². The van der Waals surface area contributed by atoms with Crippen molar-refractivity contribution in [2.24, 2.45) is 4.99 Å². The summed E-state index contributed by atoms with van der Waals surface area (Å²) in [5.74, 6) is 1.20. The van der Waals surface area contributed by atoms with Crippen LogP contribution in [0, 0.1) is 10.5 Å². The lowest BCUT2D eigenvalue weighted by Crippen LogP contribution is -2.19. The van der Waals surface area contributed by atoms with E-state index in [0.29, 0.717) is 34.8 Å². The quantitative estimate of drug-likeness (QED) is 0.262. The Bertz CT molecular complexity index is 1210. The summed E-state index contributed by atoms with van der Waals surface area (Å²) in [6.07, 6.45) is 1.85. The first kappa shape index (κ1) is 23.4. The molecule has 4 rings (SSSR count). The fourth-order valence-electron chi connectivity index (χ4n) is 3.17. The minimum atomic E-state index is -0.164. The molecule has 1 heterocycles. The molecule has 0 radical (unpaired) electrons. The SMILES string of the molecule is CCOc1cc(/C=C2\SC(=Nc3ccc(C)cc3)NC2=O)cc(I)c1OCc1ccccc1. The first-order valence-corrected chi connectivity index (χ1v) is 12.4. The number of nitrogens with one attached hydrogen (secondary N) is 1. The Morgan fingerprint density at radius 2 is 1.82 bits per heavy atom.